The maximum Gasteiger partial charge on any atom is 0.308 e. The van der Waals surface area contributed by atoms with Crippen molar-refractivity contribution in [3.05, 3.63) is 29.8 Å². The number of rotatable bonds is 4. The highest BCUT2D eigenvalue weighted by atomic mass is 16.5. The molecule has 2 rings (SSSR count). The third-order valence-electron chi connectivity index (χ3n) is 3.02. The first-order valence-corrected chi connectivity index (χ1v) is 6.61. The Morgan fingerprint density at radius 1 is 1.20 bits per heavy atom. The van der Waals surface area contributed by atoms with Gasteiger partial charge in [0.25, 0.3) is 0 Å². The molecule has 2 aromatic carbocycles. The fourth-order valence-electron chi connectivity index (χ4n) is 2.15. The van der Waals surface area contributed by atoms with Gasteiger partial charge in [-0.15, -0.1) is 0 Å². The van der Waals surface area contributed by atoms with Crippen molar-refractivity contribution in [3.63, 3.8) is 0 Å². The highest BCUT2D eigenvalue weighted by Crippen LogP contribution is 2.44. The van der Waals surface area contributed by atoms with Gasteiger partial charge in [-0.1, -0.05) is 31.2 Å². The van der Waals surface area contributed by atoms with Gasteiger partial charge in [0.2, 0.25) is 0 Å². The molecule has 0 aliphatic heterocycles. The van der Waals surface area contributed by atoms with Crippen LogP contribution in [0.15, 0.2) is 24.3 Å². The van der Waals surface area contributed by atoms with Gasteiger partial charge in [-0.25, -0.2) is 0 Å². The van der Waals surface area contributed by atoms with Gasteiger partial charge in [-0.05, 0) is 13.3 Å². The largest absolute Gasteiger partial charge is 0.504 e. The quantitative estimate of drug-likeness (QED) is 0.684. The summed E-state index contributed by atoms with van der Waals surface area (Å²) in [6.45, 7) is 5.61. The van der Waals surface area contributed by atoms with Crippen molar-refractivity contribution < 1.29 is 19.4 Å². The van der Waals surface area contributed by atoms with Crippen LogP contribution in [-0.4, -0.2) is 17.7 Å². The Morgan fingerprint density at radius 3 is 2.45 bits per heavy atom. The molecule has 0 atom stereocenters. The smallest absolute Gasteiger partial charge is 0.308 e. The summed E-state index contributed by atoms with van der Waals surface area (Å²) in [4.78, 5) is 11.3. The van der Waals surface area contributed by atoms with Crippen molar-refractivity contribution in [2.45, 2.75) is 27.2 Å². The molecule has 0 aliphatic carbocycles. The zero-order chi connectivity index (χ0) is 14.7. The molecule has 0 radical (unpaired) electrons. The number of phenolic OH excluding ortho intramolecular Hbond substituents is 1. The number of hydrogen-bond acceptors (Lipinski definition) is 4. The fourth-order valence-corrected chi connectivity index (χ4v) is 2.15. The second-order valence-electron chi connectivity index (χ2n) is 4.62. The van der Waals surface area contributed by atoms with Gasteiger partial charge in [0, 0.05) is 23.3 Å². The molecule has 0 spiro atoms. The fraction of sp³-hybridized carbons (Fsp3) is 0.312. The molecule has 0 aliphatic rings. The molecule has 0 saturated heterocycles. The van der Waals surface area contributed by atoms with E-state index in [1.54, 1.807) is 13.0 Å². The highest BCUT2D eigenvalue weighted by molar-refractivity contribution is 5.98. The summed E-state index contributed by atoms with van der Waals surface area (Å²) < 4.78 is 10.9. The Morgan fingerprint density at radius 2 is 1.85 bits per heavy atom. The van der Waals surface area contributed by atoms with Crippen molar-refractivity contribution >= 4 is 16.7 Å². The van der Waals surface area contributed by atoms with Gasteiger partial charge in [-0.2, -0.15) is 0 Å². The van der Waals surface area contributed by atoms with Crippen LogP contribution in [0.4, 0.5) is 0 Å². The average molecular weight is 274 g/mol. The molecule has 2 aromatic rings. The molecule has 4 heteroatoms. The topological polar surface area (TPSA) is 55.8 Å². The van der Waals surface area contributed by atoms with Crippen molar-refractivity contribution in [2.75, 3.05) is 6.61 Å². The van der Waals surface area contributed by atoms with E-state index < -0.39 is 5.97 Å². The second kappa shape index (κ2) is 5.82. The maximum atomic E-state index is 11.3. The van der Waals surface area contributed by atoms with Crippen LogP contribution in [0.3, 0.4) is 0 Å². The summed E-state index contributed by atoms with van der Waals surface area (Å²) in [6, 6.07) is 7.24. The average Bonchev–Trinajstić information content (AvgIpc) is 2.43. The first-order valence-electron chi connectivity index (χ1n) is 6.61. The van der Waals surface area contributed by atoms with Gasteiger partial charge in [-0.3, -0.25) is 4.79 Å². The van der Waals surface area contributed by atoms with E-state index in [2.05, 4.69) is 0 Å². The first kappa shape index (κ1) is 14.2. The minimum Gasteiger partial charge on any atom is -0.504 e. The Bertz CT molecular complexity index is 646. The van der Waals surface area contributed by atoms with Crippen molar-refractivity contribution in [3.8, 4) is 17.2 Å². The summed E-state index contributed by atoms with van der Waals surface area (Å²) in [5, 5.41) is 11.7. The predicted molar refractivity (Wildman–Crippen MR) is 77.4 cm³/mol. The number of carbonyl (C=O) groups is 1. The van der Waals surface area contributed by atoms with Crippen molar-refractivity contribution in [1.82, 2.24) is 0 Å². The third-order valence-corrected chi connectivity index (χ3v) is 3.02. The summed E-state index contributed by atoms with van der Waals surface area (Å²) >= 11 is 0. The van der Waals surface area contributed by atoms with Gasteiger partial charge in [0.1, 0.15) is 5.75 Å². The summed E-state index contributed by atoms with van der Waals surface area (Å²) in [5.74, 6) is 0.506. The van der Waals surface area contributed by atoms with Crippen LogP contribution in [0.1, 0.15) is 25.8 Å². The summed E-state index contributed by atoms with van der Waals surface area (Å²) in [7, 11) is 0. The number of benzene rings is 2. The van der Waals surface area contributed by atoms with Gasteiger partial charge < -0.3 is 14.6 Å². The standard InChI is InChI=1S/C16H18O4/c1-4-9-19-16-10(2)15(20-11(3)17)13-8-6-5-7-12(13)14(16)18/h5-8,18H,4,9H2,1-3H3. The monoisotopic (exact) mass is 274 g/mol. The minimum atomic E-state index is -0.398. The van der Waals surface area contributed by atoms with E-state index in [1.807, 2.05) is 25.1 Å². The second-order valence-corrected chi connectivity index (χ2v) is 4.62. The zero-order valence-electron chi connectivity index (χ0n) is 11.9. The van der Waals surface area contributed by atoms with Crippen LogP contribution in [-0.2, 0) is 4.79 Å². The molecule has 106 valence electrons. The van der Waals surface area contributed by atoms with Crippen LogP contribution in [0.2, 0.25) is 0 Å². The Balaban J connectivity index is 2.70. The summed E-state index contributed by atoms with van der Waals surface area (Å²) in [5.41, 5.74) is 0.629. The third kappa shape index (κ3) is 2.54. The van der Waals surface area contributed by atoms with Gasteiger partial charge in [0.05, 0.1) is 6.61 Å². The Kier molecular flexibility index (Phi) is 4.13. The highest BCUT2D eigenvalue weighted by Gasteiger charge is 2.19. The molecule has 1 N–H and O–H groups in total. The summed E-state index contributed by atoms with van der Waals surface area (Å²) in [6.07, 6.45) is 0.828. The van der Waals surface area contributed by atoms with E-state index >= 15 is 0 Å². The van der Waals surface area contributed by atoms with Crippen LogP contribution in [0.5, 0.6) is 17.2 Å². The predicted octanol–water partition coefficient (Wildman–Crippen LogP) is 3.57. The van der Waals surface area contributed by atoms with E-state index in [9.17, 15) is 9.90 Å². The Labute approximate surface area is 117 Å². The van der Waals surface area contributed by atoms with Crippen molar-refractivity contribution in [2.24, 2.45) is 0 Å². The zero-order valence-corrected chi connectivity index (χ0v) is 11.9. The molecule has 20 heavy (non-hydrogen) atoms. The van der Waals surface area contributed by atoms with Crippen LogP contribution in [0.25, 0.3) is 10.8 Å². The lowest BCUT2D eigenvalue weighted by molar-refractivity contribution is -0.131. The first-order chi connectivity index (χ1) is 9.56. The lowest BCUT2D eigenvalue weighted by Crippen LogP contribution is -2.06. The molecule has 4 nitrogen and oxygen atoms in total. The molecular formula is C16H18O4. The van der Waals surface area contributed by atoms with Gasteiger partial charge >= 0.3 is 5.97 Å². The normalized spacial score (nSPS) is 10.6. The number of carbonyl (C=O) groups excluding carboxylic acids is 1. The molecular weight excluding hydrogens is 256 g/mol. The van der Waals surface area contributed by atoms with E-state index in [0.717, 1.165) is 6.42 Å². The number of phenols is 1. The molecule has 0 fully saturated rings. The molecule has 0 saturated carbocycles. The maximum absolute atomic E-state index is 11.3. The molecule has 0 unspecified atom stereocenters. The van der Waals surface area contributed by atoms with Crippen LogP contribution >= 0.6 is 0 Å². The Hall–Kier alpha value is -2.23. The molecule has 0 bridgehead atoms. The SMILES string of the molecule is CCCOc1c(C)c(OC(C)=O)c2ccccc2c1O. The van der Waals surface area contributed by atoms with E-state index in [4.69, 9.17) is 9.47 Å². The molecule has 0 heterocycles. The van der Waals surface area contributed by atoms with Crippen molar-refractivity contribution in [1.29, 1.82) is 0 Å². The van der Waals surface area contributed by atoms with Crippen LogP contribution in [0, 0.1) is 6.92 Å². The van der Waals surface area contributed by atoms with E-state index in [1.165, 1.54) is 6.92 Å². The number of fused-ring (bicyclic) bond motifs is 1. The number of hydrogen-bond donors (Lipinski definition) is 1. The minimum absolute atomic E-state index is 0.0856. The van der Waals surface area contributed by atoms with Gasteiger partial charge in [0.15, 0.2) is 11.5 Å². The molecule has 0 amide bonds. The van der Waals surface area contributed by atoms with E-state index in [-0.39, 0.29) is 5.75 Å². The number of aromatic hydroxyl groups is 1. The lowest BCUT2D eigenvalue weighted by Gasteiger charge is -2.17. The number of ether oxygens (including phenoxy) is 2. The van der Waals surface area contributed by atoms with Crippen LogP contribution < -0.4 is 9.47 Å². The van der Waals surface area contributed by atoms with E-state index in [0.29, 0.717) is 34.4 Å². The number of esters is 1. The lowest BCUT2D eigenvalue weighted by atomic mass is 10.0. The molecule has 0 aromatic heterocycles.